The molecule has 1 aromatic carbocycles. The van der Waals surface area contributed by atoms with Crippen LogP contribution >= 0.6 is 11.6 Å². The van der Waals surface area contributed by atoms with Gasteiger partial charge in [-0.25, -0.2) is 5.32 Å². The Morgan fingerprint density at radius 2 is 2.13 bits per heavy atom. The summed E-state index contributed by atoms with van der Waals surface area (Å²) in [5, 5.41) is 4.58. The van der Waals surface area contributed by atoms with Crippen molar-refractivity contribution in [3.8, 4) is 0 Å². The number of rotatable bonds is 3. The third-order valence-corrected chi connectivity index (χ3v) is 2.48. The van der Waals surface area contributed by atoms with E-state index in [-0.39, 0.29) is 12.5 Å². The zero-order valence-electron chi connectivity index (χ0n) is 9.00. The standard InChI is InChI=1S/C11H13ClNO2/c1-7-4-5-9(12)8(2)11(7)13-10(14)6-15-3/h4-5H,6H2,1-3H3. The second-order valence-electron chi connectivity index (χ2n) is 3.28. The van der Waals surface area contributed by atoms with E-state index in [2.05, 4.69) is 5.32 Å². The van der Waals surface area contributed by atoms with Gasteiger partial charge in [0.25, 0.3) is 5.91 Å². The molecule has 0 atom stereocenters. The van der Waals surface area contributed by atoms with Crippen LogP contribution in [0, 0.1) is 13.8 Å². The first-order chi connectivity index (χ1) is 7.06. The SMILES string of the molecule is COCC(=O)[N]c1c(C)ccc(Cl)c1C. The third-order valence-electron chi connectivity index (χ3n) is 2.07. The maximum atomic E-state index is 11.3. The summed E-state index contributed by atoms with van der Waals surface area (Å²) < 4.78 is 4.71. The molecule has 0 bridgehead atoms. The Hall–Kier alpha value is -1.06. The number of amides is 1. The van der Waals surface area contributed by atoms with Crippen LogP contribution in [0.25, 0.3) is 0 Å². The fourth-order valence-electron chi connectivity index (χ4n) is 1.26. The second kappa shape index (κ2) is 5.14. The monoisotopic (exact) mass is 226 g/mol. The molecule has 0 aliphatic heterocycles. The van der Waals surface area contributed by atoms with E-state index < -0.39 is 0 Å². The van der Waals surface area contributed by atoms with Crippen LogP contribution < -0.4 is 5.32 Å². The van der Waals surface area contributed by atoms with Gasteiger partial charge in [0.05, 0.1) is 5.69 Å². The lowest BCUT2D eigenvalue weighted by Crippen LogP contribution is -2.17. The molecule has 0 fully saturated rings. The number of carbonyl (C=O) groups is 1. The molecular formula is C11H13ClNO2. The summed E-state index contributed by atoms with van der Waals surface area (Å²) in [6.45, 7) is 3.72. The number of benzene rings is 1. The highest BCUT2D eigenvalue weighted by molar-refractivity contribution is 6.31. The summed E-state index contributed by atoms with van der Waals surface area (Å²) in [5.41, 5.74) is 2.40. The molecule has 1 rings (SSSR count). The van der Waals surface area contributed by atoms with Gasteiger partial charge in [-0.15, -0.1) is 0 Å². The Labute approximate surface area is 94.4 Å². The largest absolute Gasteiger partial charge is 0.375 e. The number of methoxy groups -OCH3 is 1. The summed E-state index contributed by atoms with van der Waals surface area (Å²) in [6.07, 6.45) is 0. The Kier molecular flexibility index (Phi) is 4.12. The molecule has 0 spiro atoms. The number of ether oxygens (including phenoxy) is 1. The minimum absolute atomic E-state index is 0.00854. The van der Waals surface area contributed by atoms with Gasteiger partial charge in [-0.1, -0.05) is 17.7 Å². The van der Waals surface area contributed by atoms with Crippen molar-refractivity contribution in [2.75, 3.05) is 13.7 Å². The number of nitrogens with zero attached hydrogens (tertiary/aromatic N) is 1. The fourth-order valence-corrected chi connectivity index (χ4v) is 1.42. The molecule has 3 nitrogen and oxygen atoms in total. The first-order valence-corrected chi connectivity index (χ1v) is 4.93. The minimum Gasteiger partial charge on any atom is -0.375 e. The summed E-state index contributed by atoms with van der Waals surface area (Å²) in [4.78, 5) is 11.3. The Morgan fingerprint density at radius 1 is 1.47 bits per heavy atom. The summed E-state index contributed by atoms with van der Waals surface area (Å²) >= 11 is 5.94. The van der Waals surface area contributed by atoms with E-state index in [1.165, 1.54) is 7.11 Å². The highest BCUT2D eigenvalue weighted by Gasteiger charge is 2.11. The number of halogens is 1. The minimum atomic E-state index is -0.300. The molecule has 0 saturated heterocycles. The molecule has 1 amide bonds. The van der Waals surface area contributed by atoms with E-state index in [0.717, 1.165) is 11.1 Å². The van der Waals surface area contributed by atoms with Crippen molar-refractivity contribution in [1.29, 1.82) is 0 Å². The molecule has 0 unspecified atom stereocenters. The van der Waals surface area contributed by atoms with Crippen LogP contribution in [0.4, 0.5) is 5.69 Å². The lowest BCUT2D eigenvalue weighted by atomic mass is 10.1. The van der Waals surface area contributed by atoms with Gasteiger partial charge in [0.1, 0.15) is 6.61 Å². The summed E-state index contributed by atoms with van der Waals surface area (Å²) in [6, 6.07) is 3.64. The molecule has 0 heterocycles. The van der Waals surface area contributed by atoms with E-state index in [1.807, 2.05) is 19.9 Å². The first kappa shape index (κ1) is 12.0. The average molecular weight is 227 g/mol. The van der Waals surface area contributed by atoms with Crippen molar-refractivity contribution >= 4 is 23.2 Å². The van der Waals surface area contributed by atoms with E-state index in [4.69, 9.17) is 16.3 Å². The van der Waals surface area contributed by atoms with Gasteiger partial charge in [0.2, 0.25) is 0 Å². The highest BCUT2D eigenvalue weighted by Crippen LogP contribution is 2.26. The molecule has 81 valence electrons. The molecule has 1 aromatic rings. The lowest BCUT2D eigenvalue weighted by molar-refractivity contribution is -0.123. The lowest BCUT2D eigenvalue weighted by Gasteiger charge is -2.09. The van der Waals surface area contributed by atoms with Gasteiger partial charge in [-0.3, -0.25) is 4.79 Å². The van der Waals surface area contributed by atoms with Crippen LogP contribution in [-0.2, 0) is 9.53 Å². The molecular weight excluding hydrogens is 214 g/mol. The molecule has 1 radical (unpaired) electrons. The van der Waals surface area contributed by atoms with Gasteiger partial charge in [-0.2, -0.15) is 0 Å². The third kappa shape index (κ3) is 2.94. The molecule has 0 aliphatic rings. The molecule has 0 N–H and O–H groups in total. The van der Waals surface area contributed by atoms with Gasteiger partial charge in [0.15, 0.2) is 0 Å². The van der Waals surface area contributed by atoms with Crippen LogP contribution in [0.5, 0.6) is 0 Å². The van der Waals surface area contributed by atoms with Gasteiger partial charge >= 0.3 is 0 Å². The maximum Gasteiger partial charge on any atom is 0.272 e. The van der Waals surface area contributed by atoms with E-state index >= 15 is 0 Å². The smallest absolute Gasteiger partial charge is 0.272 e. The fraction of sp³-hybridized carbons (Fsp3) is 0.364. The van der Waals surface area contributed by atoms with E-state index in [0.29, 0.717) is 10.7 Å². The zero-order chi connectivity index (χ0) is 11.4. The van der Waals surface area contributed by atoms with Crippen molar-refractivity contribution in [2.24, 2.45) is 0 Å². The quantitative estimate of drug-likeness (QED) is 0.794. The van der Waals surface area contributed by atoms with Gasteiger partial charge in [0, 0.05) is 12.1 Å². The van der Waals surface area contributed by atoms with E-state index in [9.17, 15) is 4.79 Å². The Morgan fingerprint density at radius 3 is 2.73 bits per heavy atom. The predicted molar refractivity (Wildman–Crippen MR) is 59.6 cm³/mol. The average Bonchev–Trinajstić information content (AvgIpc) is 2.19. The molecule has 0 saturated carbocycles. The summed E-state index contributed by atoms with van der Waals surface area (Å²) in [7, 11) is 1.46. The molecule has 15 heavy (non-hydrogen) atoms. The van der Waals surface area contributed by atoms with Crippen molar-refractivity contribution in [3.63, 3.8) is 0 Å². The second-order valence-corrected chi connectivity index (χ2v) is 3.68. The Bertz CT molecular complexity index is 377. The zero-order valence-corrected chi connectivity index (χ0v) is 9.76. The van der Waals surface area contributed by atoms with Crippen LogP contribution in [0.3, 0.4) is 0 Å². The topological polar surface area (TPSA) is 40.4 Å². The highest BCUT2D eigenvalue weighted by atomic mass is 35.5. The number of aryl methyl sites for hydroxylation is 1. The van der Waals surface area contributed by atoms with Crippen LogP contribution in [0.1, 0.15) is 11.1 Å². The number of hydrogen-bond donors (Lipinski definition) is 0. The Balaban J connectivity index is 2.93. The van der Waals surface area contributed by atoms with Crippen LogP contribution in [0.2, 0.25) is 5.02 Å². The first-order valence-electron chi connectivity index (χ1n) is 4.55. The van der Waals surface area contributed by atoms with E-state index in [1.54, 1.807) is 6.07 Å². The van der Waals surface area contributed by atoms with Crippen molar-refractivity contribution in [2.45, 2.75) is 13.8 Å². The van der Waals surface area contributed by atoms with Gasteiger partial charge < -0.3 is 4.74 Å². The molecule has 0 aliphatic carbocycles. The molecule has 4 heteroatoms. The normalized spacial score (nSPS) is 10.1. The van der Waals surface area contributed by atoms with Crippen molar-refractivity contribution < 1.29 is 9.53 Å². The van der Waals surface area contributed by atoms with Crippen LogP contribution in [-0.4, -0.2) is 19.6 Å². The molecule has 0 aromatic heterocycles. The predicted octanol–water partition coefficient (Wildman–Crippen LogP) is 2.37. The number of hydrogen-bond acceptors (Lipinski definition) is 2. The maximum absolute atomic E-state index is 11.3. The van der Waals surface area contributed by atoms with Crippen molar-refractivity contribution in [3.05, 3.63) is 28.3 Å². The van der Waals surface area contributed by atoms with Gasteiger partial charge in [-0.05, 0) is 31.0 Å². The summed E-state index contributed by atoms with van der Waals surface area (Å²) in [5.74, 6) is -0.300. The van der Waals surface area contributed by atoms with Crippen molar-refractivity contribution in [1.82, 2.24) is 5.32 Å². The number of carbonyl (C=O) groups excluding carboxylic acids is 1. The van der Waals surface area contributed by atoms with Crippen LogP contribution in [0.15, 0.2) is 12.1 Å².